The second-order valence-corrected chi connectivity index (χ2v) is 5.06. The molecule has 0 aliphatic rings. The molecule has 1 unspecified atom stereocenters. The van der Waals surface area contributed by atoms with E-state index < -0.39 is 0 Å². The van der Waals surface area contributed by atoms with E-state index in [1.54, 1.807) is 7.11 Å². The number of benzene rings is 1. The van der Waals surface area contributed by atoms with Crippen molar-refractivity contribution in [2.45, 2.75) is 12.2 Å². The highest BCUT2D eigenvalue weighted by atomic mass is 79.9. The maximum absolute atomic E-state index is 5.20. The number of hydrogen-bond acceptors (Lipinski definition) is 1. The molecular formula is C9H9Br2OS. The van der Waals surface area contributed by atoms with Crippen LogP contribution < -0.4 is 4.74 Å². The third-order valence-corrected chi connectivity index (χ3v) is 3.24. The molecule has 0 N–H and O–H groups in total. The lowest BCUT2D eigenvalue weighted by Gasteiger charge is -2.11. The molecule has 0 spiro atoms. The van der Waals surface area contributed by atoms with Crippen LogP contribution in [-0.2, 0) is 0 Å². The molecular weight excluding hydrogens is 316 g/mol. The number of methoxy groups -OCH3 is 1. The summed E-state index contributed by atoms with van der Waals surface area (Å²) in [4.78, 5) is 0. The van der Waals surface area contributed by atoms with E-state index in [-0.39, 0.29) is 5.25 Å². The zero-order valence-electron chi connectivity index (χ0n) is 7.30. The van der Waals surface area contributed by atoms with Crippen molar-refractivity contribution in [3.8, 4) is 5.75 Å². The van der Waals surface area contributed by atoms with E-state index in [9.17, 15) is 0 Å². The van der Waals surface area contributed by atoms with Crippen molar-refractivity contribution in [3.05, 3.63) is 26.6 Å². The molecule has 4 heteroatoms. The van der Waals surface area contributed by atoms with E-state index >= 15 is 0 Å². The first-order valence-electron chi connectivity index (χ1n) is 3.75. The average molecular weight is 325 g/mol. The van der Waals surface area contributed by atoms with E-state index in [0.29, 0.717) is 0 Å². The maximum Gasteiger partial charge on any atom is 0.121 e. The second kappa shape index (κ2) is 4.71. The highest BCUT2D eigenvalue weighted by molar-refractivity contribution is 9.11. The summed E-state index contributed by atoms with van der Waals surface area (Å²) in [5, 5.41) is 0.0784. The van der Waals surface area contributed by atoms with Crippen LogP contribution in [0.1, 0.15) is 17.7 Å². The lowest BCUT2D eigenvalue weighted by molar-refractivity contribution is 0.414. The third kappa shape index (κ3) is 2.64. The number of halogens is 2. The Morgan fingerprint density at radius 2 is 1.77 bits per heavy atom. The van der Waals surface area contributed by atoms with Crippen molar-refractivity contribution >= 4 is 44.5 Å². The molecule has 0 aliphatic heterocycles. The van der Waals surface area contributed by atoms with Crippen LogP contribution in [0.25, 0.3) is 0 Å². The predicted molar refractivity (Wildman–Crippen MR) is 64.4 cm³/mol. The Balaban J connectivity index is 3.23. The molecule has 1 rings (SSSR count). The lowest BCUT2D eigenvalue weighted by Crippen LogP contribution is -1.91. The summed E-state index contributed by atoms with van der Waals surface area (Å²) in [6.45, 7) is 1.98. The normalized spacial score (nSPS) is 12.7. The molecule has 0 fully saturated rings. The fourth-order valence-corrected chi connectivity index (χ4v) is 3.46. The number of ether oxygens (including phenoxy) is 1. The van der Waals surface area contributed by atoms with Gasteiger partial charge >= 0.3 is 0 Å². The number of rotatable bonds is 2. The molecule has 1 nitrogen and oxygen atoms in total. The van der Waals surface area contributed by atoms with Crippen LogP contribution in [-0.4, -0.2) is 7.11 Å². The molecule has 13 heavy (non-hydrogen) atoms. The van der Waals surface area contributed by atoms with Crippen molar-refractivity contribution in [2.24, 2.45) is 0 Å². The van der Waals surface area contributed by atoms with Crippen molar-refractivity contribution in [2.75, 3.05) is 7.11 Å². The topological polar surface area (TPSA) is 9.23 Å². The van der Waals surface area contributed by atoms with Crippen LogP contribution in [0.2, 0.25) is 0 Å². The first-order valence-corrected chi connectivity index (χ1v) is 5.80. The molecule has 1 radical (unpaired) electrons. The van der Waals surface area contributed by atoms with Crippen LogP contribution in [0.3, 0.4) is 0 Å². The van der Waals surface area contributed by atoms with E-state index in [2.05, 4.69) is 31.9 Å². The number of hydrogen-bond donors (Lipinski definition) is 0. The highest BCUT2D eigenvalue weighted by Crippen LogP contribution is 2.36. The molecule has 0 saturated carbocycles. The minimum atomic E-state index is 0.0784. The van der Waals surface area contributed by atoms with Crippen molar-refractivity contribution < 1.29 is 4.74 Å². The van der Waals surface area contributed by atoms with Gasteiger partial charge in [-0.1, -0.05) is 44.5 Å². The largest absolute Gasteiger partial charge is 0.497 e. The smallest absolute Gasteiger partial charge is 0.121 e. The fourth-order valence-electron chi connectivity index (χ4n) is 1.07. The van der Waals surface area contributed by atoms with Crippen molar-refractivity contribution in [3.63, 3.8) is 0 Å². The Hall–Kier alpha value is 0.330. The van der Waals surface area contributed by atoms with Gasteiger partial charge in [0.1, 0.15) is 5.75 Å². The van der Waals surface area contributed by atoms with Gasteiger partial charge in [-0.2, -0.15) is 0 Å². The second-order valence-electron chi connectivity index (χ2n) is 2.65. The Bertz CT molecular complexity index is 289. The lowest BCUT2D eigenvalue weighted by atomic mass is 10.1. The van der Waals surface area contributed by atoms with Crippen LogP contribution >= 0.6 is 44.5 Å². The molecule has 0 aromatic heterocycles. The molecule has 0 heterocycles. The predicted octanol–water partition coefficient (Wildman–Crippen LogP) is 4.48. The Kier molecular flexibility index (Phi) is 4.13. The van der Waals surface area contributed by atoms with Crippen LogP contribution in [0, 0.1) is 0 Å². The van der Waals surface area contributed by atoms with Crippen molar-refractivity contribution in [1.82, 2.24) is 0 Å². The fraction of sp³-hybridized carbons (Fsp3) is 0.333. The maximum atomic E-state index is 5.20. The molecule has 0 bridgehead atoms. The summed E-state index contributed by atoms with van der Waals surface area (Å²) < 4.78 is 7.09. The molecule has 71 valence electrons. The molecule has 1 aromatic carbocycles. The van der Waals surface area contributed by atoms with Gasteiger partial charge in [-0.05, 0) is 24.6 Å². The molecule has 1 atom stereocenters. The summed E-state index contributed by atoms with van der Waals surface area (Å²) in [6, 6.07) is 3.84. The SMILES string of the molecule is COc1cc(Br)c(C(C)[S])c(Br)c1. The first-order chi connectivity index (χ1) is 6.06. The van der Waals surface area contributed by atoms with E-state index in [1.165, 1.54) is 0 Å². The highest BCUT2D eigenvalue weighted by Gasteiger charge is 2.11. The summed E-state index contributed by atoms with van der Waals surface area (Å²) in [6.07, 6.45) is 0. The summed E-state index contributed by atoms with van der Waals surface area (Å²) in [5.41, 5.74) is 1.09. The van der Waals surface area contributed by atoms with Gasteiger partial charge in [0.2, 0.25) is 0 Å². The zero-order valence-corrected chi connectivity index (χ0v) is 11.3. The van der Waals surface area contributed by atoms with Gasteiger partial charge < -0.3 is 4.74 Å². The minimum absolute atomic E-state index is 0.0784. The van der Waals surface area contributed by atoms with Crippen molar-refractivity contribution in [1.29, 1.82) is 0 Å². The molecule has 1 aromatic rings. The van der Waals surface area contributed by atoms with Crippen LogP contribution in [0.5, 0.6) is 5.75 Å². The third-order valence-electron chi connectivity index (χ3n) is 1.69. The summed E-state index contributed by atoms with van der Waals surface area (Å²) in [7, 11) is 1.64. The summed E-state index contributed by atoms with van der Waals surface area (Å²) >= 11 is 12.1. The van der Waals surface area contributed by atoms with Gasteiger partial charge in [-0.15, -0.1) is 0 Å². The van der Waals surface area contributed by atoms with Gasteiger partial charge in [-0.3, -0.25) is 0 Å². The first kappa shape index (κ1) is 11.4. The Labute approximate surface area is 101 Å². The minimum Gasteiger partial charge on any atom is -0.497 e. The molecule has 0 saturated heterocycles. The Morgan fingerprint density at radius 3 is 2.08 bits per heavy atom. The molecule has 0 amide bonds. The zero-order chi connectivity index (χ0) is 10.0. The van der Waals surface area contributed by atoms with Gasteiger partial charge in [0.05, 0.1) is 7.11 Å². The van der Waals surface area contributed by atoms with Crippen LogP contribution in [0.15, 0.2) is 21.1 Å². The average Bonchev–Trinajstić information content (AvgIpc) is 2.02. The van der Waals surface area contributed by atoms with Crippen LogP contribution in [0.4, 0.5) is 0 Å². The monoisotopic (exact) mass is 323 g/mol. The van der Waals surface area contributed by atoms with Gasteiger partial charge in [0.15, 0.2) is 0 Å². The Morgan fingerprint density at radius 1 is 1.31 bits per heavy atom. The molecule has 0 aliphatic carbocycles. The van der Waals surface area contributed by atoms with E-state index in [4.69, 9.17) is 17.4 Å². The quantitative estimate of drug-likeness (QED) is 0.779. The standard InChI is InChI=1S/C9H9Br2OS/c1-5(13)9-7(10)3-6(12-2)4-8(9)11/h3-5H,1-2H3. The van der Waals surface area contributed by atoms with Gasteiger partial charge in [0, 0.05) is 14.2 Å². The summed E-state index contributed by atoms with van der Waals surface area (Å²) in [5.74, 6) is 0.818. The van der Waals surface area contributed by atoms with Gasteiger partial charge in [0.25, 0.3) is 0 Å². The van der Waals surface area contributed by atoms with E-state index in [0.717, 1.165) is 20.3 Å². The van der Waals surface area contributed by atoms with Gasteiger partial charge in [-0.25, -0.2) is 0 Å². The van der Waals surface area contributed by atoms with E-state index in [1.807, 2.05) is 19.1 Å².